The average molecular weight is 251 g/mol. The molecule has 0 spiro atoms. The fourth-order valence-corrected chi connectivity index (χ4v) is 2.26. The Morgan fingerprint density at radius 1 is 1.39 bits per heavy atom. The number of hydrogen-bond donors (Lipinski definition) is 2. The summed E-state index contributed by atoms with van der Waals surface area (Å²) in [7, 11) is 1.52. The van der Waals surface area contributed by atoms with Gasteiger partial charge in [-0.15, -0.1) is 0 Å². The molecule has 2 N–H and O–H groups in total. The maximum atomic E-state index is 11.0. The first-order valence-corrected chi connectivity index (χ1v) is 5.97. The SMILES string of the molecule is COc1ccc(N2CCCC2)c(C(O)C(=O)O)c1. The largest absolute Gasteiger partial charge is 0.497 e. The Morgan fingerprint density at radius 2 is 2.06 bits per heavy atom. The number of aliphatic hydroxyl groups excluding tert-OH is 1. The van der Waals surface area contributed by atoms with Crippen molar-refractivity contribution < 1.29 is 19.7 Å². The maximum Gasteiger partial charge on any atom is 0.337 e. The molecule has 1 fully saturated rings. The van der Waals surface area contributed by atoms with Crippen LogP contribution in [0.15, 0.2) is 18.2 Å². The highest BCUT2D eigenvalue weighted by Gasteiger charge is 2.24. The Balaban J connectivity index is 2.40. The van der Waals surface area contributed by atoms with Gasteiger partial charge in [0, 0.05) is 24.3 Å². The van der Waals surface area contributed by atoms with Gasteiger partial charge in [-0.2, -0.15) is 0 Å². The Hall–Kier alpha value is -1.75. The van der Waals surface area contributed by atoms with E-state index in [9.17, 15) is 9.90 Å². The molecule has 0 radical (unpaired) electrons. The van der Waals surface area contributed by atoms with Crippen molar-refractivity contribution in [1.29, 1.82) is 0 Å². The van der Waals surface area contributed by atoms with E-state index >= 15 is 0 Å². The predicted octanol–water partition coefficient (Wildman–Crippen LogP) is 1.41. The van der Waals surface area contributed by atoms with Crippen molar-refractivity contribution >= 4 is 11.7 Å². The van der Waals surface area contributed by atoms with Gasteiger partial charge in [0.2, 0.25) is 0 Å². The smallest absolute Gasteiger partial charge is 0.337 e. The molecule has 1 aromatic carbocycles. The van der Waals surface area contributed by atoms with Crippen LogP contribution in [0.1, 0.15) is 24.5 Å². The molecule has 1 aliphatic rings. The number of aliphatic hydroxyl groups is 1. The van der Waals surface area contributed by atoms with Gasteiger partial charge in [-0.25, -0.2) is 4.79 Å². The Labute approximate surface area is 106 Å². The molecule has 1 atom stereocenters. The fourth-order valence-electron chi connectivity index (χ4n) is 2.26. The summed E-state index contributed by atoms with van der Waals surface area (Å²) < 4.78 is 5.08. The van der Waals surface area contributed by atoms with E-state index in [0.29, 0.717) is 11.3 Å². The zero-order valence-electron chi connectivity index (χ0n) is 10.3. The standard InChI is InChI=1S/C13H17NO4/c1-18-9-4-5-11(14-6-2-3-7-14)10(8-9)12(15)13(16)17/h4-5,8,12,15H,2-3,6-7H2,1H3,(H,16,17). The van der Waals surface area contributed by atoms with Gasteiger partial charge in [-0.1, -0.05) is 0 Å². The third-order valence-corrected chi connectivity index (χ3v) is 3.21. The number of aliphatic carboxylic acids is 1. The van der Waals surface area contributed by atoms with E-state index in [0.717, 1.165) is 31.6 Å². The second-order valence-corrected chi connectivity index (χ2v) is 4.36. The van der Waals surface area contributed by atoms with Crippen molar-refractivity contribution in [2.45, 2.75) is 18.9 Å². The number of methoxy groups -OCH3 is 1. The third kappa shape index (κ3) is 2.41. The zero-order valence-corrected chi connectivity index (χ0v) is 10.3. The fraction of sp³-hybridized carbons (Fsp3) is 0.462. The number of carboxylic acids is 1. The molecular formula is C13H17NO4. The molecule has 18 heavy (non-hydrogen) atoms. The van der Waals surface area contributed by atoms with Gasteiger partial charge in [0.1, 0.15) is 5.75 Å². The highest BCUT2D eigenvalue weighted by molar-refractivity contribution is 5.77. The summed E-state index contributed by atoms with van der Waals surface area (Å²) in [5.74, 6) is -0.697. The normalized spacial score (nSPS) is 16.7. The number of nitrogens with zero attached hydrogens (tertiary/aromatic N) is 1. The molecule has 0 aromatic heterocycles. The topological polar surface area (TPSA) is 70.0 Å². The highest BCUT2D eigenvalue weighted by atomic mass is 16.5. The van der Waals surface area contributed by atoms with Gasteiger partial charge in [-0.3, -0.25) is 0 Å². The van der Waals surface area contributed by atoms with E-state index in [1.165, 1.54) is 7.11 Å². The second-order valence-electron chi connectivity index (χ2n) is 4.36. The van der Waals surface area contributed by atoms with Gasteiger partial charge >= 0.3 is 5.97 Å². The van der Waals surface area contributed by atoms with E-state index in [4.69, 9.17) is 9.84 Å². The van der Waals surface area contributed by atoms with Crippen molar-refractivity contribution in [3.8, 4) is 5.75 Å². The number of ether oxygens (including phenoxy) is 1. The van der Waals surface area contributed by atoms with Crippen LogP contribution in [0.4, 0.5) is 5.69 Å². The van der Waals surface area contributed by atoms with Crippen LogP contribution < -0.4 is 9.64 Å². The van der Waals surface area contributed by atoms with Crippen molar-refractivity contribution in [2.24, 2.45) is 0 Å². The first kappa shape index (κ1) is 12.7. The van der Waals surface area contributed by atoms with Crippen LogP contribution in [-0.4, -0.2) is 36.4 Å². The molecule has 0 saturated carbocycles. The number of anilines is 1. The van der Waals surface area contributed by atoms with Crippen LogP contribution in [-0.2, 0) is 4.79 Å². The quantitative estimate of drug-likeness (QED) is 0.846. The number of rotatable bonds is 4. The molecule has 1 saturated heterocycles. The molecule has 5 nitrogen and oxygen atoms in total. The monoisotopic (exact) mass is 251 g/mol. The van der Waals surface area contributed by atoms with Gasteiger partial charge in [-0.05, 0) is 31.0 Å². The van der Waals surface area contributed by atoms with E-state index in [2.05, 4.69) is 4.90 Å². The lowest BCUT2D eigenvalue weighted by Gasteiger charge is -2.23. The van der Waals surface area contributed by atoms with Gasteiger partial charge in [0.25, 0.3) is 0 Å². The maximum absolute atomic E-state index is 11.0. The Kier molecular flexibility index (Phi) is 3.72. The molecule has 1 aromatic rings. The molecule has 0 amide bonds. The predicted molar refractivity (Wildman–Crippen MR) is 67.0 cm³/mol. The van der Waals surface area contributed by atoms with Crippen LogP contribution in [0.25, 0.3) is 0 Å². The summed E-state index contributed by atoms with van der Waals surface area (Å²) in [6.07, 6.45) is 0.666. The van der Waals surface area contributed by atoms with E-state index in [1.54, 1.807) is 12.1 Å². The number of carbonyl (C=O) groups is 1. The zero-order chi connectivity index (χ0) is 13.1. The Bertz CT molecular complexity index is 441. The lowest BCUT2D eigenvalue weighted by Crippen LogP contribution is -2.22. The van der Waals surface area contributed by atoms with E-state index in [-0.39, 0.29) is 0 Å². The van der Waals surface area contributed by atoms with Gasteiger partial charge < -0.3 is 19.8 Å². The number of hydrogen-bond acceptors (Lipinski definition) is 4. The summed E-state index contributed by atoms with van der Waals surface area (Å²) >= 11 is 0. The minimum atomic E-state index is -1.52. The molecule has 1 unspecified atom stereocenters. The molecule has 2 rings (SSSR count). The van der Waals surface area contributed by atoms with Gasteiger partial charge in [0.15, 0.2) is 6.10 Å². The van der Waals surface area contributed by atoms with E-state index < -0.39 is 12.1 Å². The second kappa shape index (κ2) is 5.27. The van der Waals surface area contributed by atoms with Crippen LogP contribution in [0, 0.1) is 0 Å². The average Bonchev–Trinajstić information content (AvgIpc) is 2.90. The number of carboxylic acid groups (broad SMARTS) is 1. The summed E-state index contributed by atoms with van der Waals surface area (Å²) in [6, 6.07) is 5.18. The minimum absolute atomic E-state index is 0.392. The lowest BCUT2D eigenvalue weighted by molar-refractivity contribution is -0.146. The van der Waals surface area contributed by atoms with Gasteiger partial charge in [0.05, 0.1) is 7.11 Å². The van der Waals surface area contributed by atoms with Crippen molar-refractivity contribution in [1.82, 2.24) is 0 Å². The van der Waals surface area contributed by atoms with Crippen LogP contribution >= 0.6 is 0 Å². The lowest BCUT2D eigenvalue weighted by atomic mass is 10.1. The molecule has 1 aliphatic heterocycles. The van der Waals surface area contributed by atoms with Crippen molar-refractivity contribution in [3.63, 3.8) is 0 Å². The minimum Gasteiger partial charge on any atom is -0.497 e. The molecule has 1 heterocycles. The van der Waals surface area contributed by atoms with Crippen molar-refractivity contribution in [2.75, 3.05) is 25.1 Å². The summed E-state index contributed by atoms with van der Waals surface area (Å²) in [4.78, 5) is 13.1. The van der Waals surface area contributed by atoms with Crippen LogP contribution in [0.2, 0.25) is 0 Å². The summed E-state index contributed by atoms with van der Waals surface area (Å²) in [6.45, 7) is 1.79. The third-order valence-electron chi connectivity index (χ3n) is 3.21. The molecule has 98 valence electrons. The number of benzene rings is 1. The summed E-state index contributed by atoms with van der Waals surface area (Å²) in [5.41, 5.74) is 1.17. The molecule has 5 heteroatoms. The first-order chi connectivity index (χ1) is 8.63. The van der Waals surface area contributed by atoms with Crippen LogP contribution in [0.3, 0.4) is 0 Å². The summed E-state index contributed by atoms with van der Waals surface area (Å²) in [5, 5.41) is 18.7. The molecule has 0 aliphatic carbocycles. The Morgan fingerprint density at radius 3 is 2.61 bits per heavy atom. The highest BCUT2D eigenvalue weighted by Crippen LogP contribution is 2.32. The van der Waals surface area contributed by atoms with Crippen molar-refractivity contribution in [3.05, 3.63) is 23.8 Å². The molecule has 0 bridgehead atoms. The molecular weight excluding hydrogens is 234 g/mol. The van der Waals surface area contributed by atoms with E-state index in [1.807, 2.05) is 6.07 Å². The first-order valence-electron chi connectivity index (χ1n) is 5.97. The van der Waals surface area contributed by atoms with Crippen LogP contribution in [0.5, 0.6) is 5.75 Å².